The molecule has 0 unspecified atom stereocenters. The first-order valence-corrected chi connectivity index (χ1v) is 5.13. The molecule has 1 nitrogen and oxygen atoms in total. The zero-order valence-corrected chi connectivity index (χ0v) is 8.32. The van der Waals surface area contributed by atoms with Crippen molar-refractivity contribution in [2.75, 3.05) is 6.61 Å². The highest BCUT2D eigenvalue weighted by Crippen LogP contribution is 2.41. The van der Waals surface area contributed by atoms with Gasteiger partial charge in [0.05, 0.1) is 0 Å². The fourth-order valence-electron chi connectivity index (χ4n) is 2.36. The van der Waals surface area contributed by atoms with E-state index in [1.807, 2.05) is 6.07 Å². The molecule has 0 saturated heterocycles. The molecule has 2 atom stereocenters. The van der Waals surface area contributed by atoms with Crippen LogP contribution in [0.3, 0.4) is 0 Å². The third kappa shape index (κ3) is 1.73. The van der Waals surface area contributed by atoms with Gasteiger partial charge in [0.25, 0.3) is 0 Å². The number of hydrogen-bond acceptors (Lipinski definition) is 1. The van der Waals surface area contributed by atoms with Crippen molar-refractivity contribution in [1.29, 1.82) is 0 Å². The monoisotopic (exact) mass is 188 g/mol. The molecule has 1 aliphatic rings. The predicted octanol–water partition coefficient (Wildman–Crippen LogP) is 2.73. The van der Waals surface area contributed by atoms with Gasteiger partial charge in [0.2, 0.25) is 0 Å². The van der Waals surface area contributed by atoms with E-state index in [4.69, 9.17) is 0 Å². The minimum absolute atomic E-state index is 0.276. The van der Waals surface area contributed by atoms with Crippen molar-refractivity contribution in [1.82, 2.24) is 0 Å². The summed E-state index contributed by atoms with van der Waals surface area (Å²) in [5, 5.41) is 9.27. The quantitative estimate of drug-likeness (QED) is 0.707. The van der Waals surface area contributed by atoms with E-state index in [1.54, 1.807) is 0 Å². The third-order valence-electron chi connectivity index (χ3n) is 3.09. The maximum absolute atomic E-state index is 9.27. The molecule has 1 heteroatoms. The fraction of sp³-hybridized carbons (Fsp3) is 0.385. The van der Waals surface area contributed by atoms with Gasteiger partial charge in [-0.15, -0.1) is 0 Å². The fourth-order valence-corrected chi connectivity index (χ4v) is 2.36. The van der Waals surface area contributed by atoms with Crippen LogP contribution in [0.5, 0.6) is 0 Å². The standard InChI is InChI=1S/C13H16O/c1-10-7-12(9-14)13(8-10)11-5-3-2-4-6-11/h2-6,12-14H,1,7-9H2/t12-,13-/m1/s1. The van der Waals surface area contributed by atoms with Crippen LogP contribution in [-0.2, 0) is 0 Å². The highest BCUT2D eigenvalue weighted by atomic mass is 16.3. The van der Waals surface area contributed by atoms with Crippen molar-refractivity contribution >= 4 is 0 Å². The van der Waals surface area contributed by atoms with Crippen LogP contribution in [0, 0.1) is 5.92 Å². The van der Waals surface area contributed by atoms with Gasteiger partial charge in [-0.3, -0.25) is 0 Å². The number of hydrogen-bond donors (Lipinski definition) is 1. The number of aliphatic hydroxyl groups is 1. The van der Waals surface area contributed by atoms with E-state index in [9.17, 15) is 5.11 Å². The first-order chi connectivity index (χ1) is 6.81. The van der Waals surface area contributed by atoms with E-state index in [-0.39, 0.29) is 6.61 Å². The molecular formula is C13H16O. The van der Waals surface area contributed by atoms with Crippen molar-refractivity contribution in [2.45, 2.75) is 18.8 Å². The SMILES string of the molecule is C=C1C[C@H](CO)[C@@H](c2ccccc2)C1. The molecule has 14 heavy (non-hydrogen) atoms. The second-order valence-corrected chi connectivity index (χ2v) is 4.12. The first kappa shape index (κ1) is 9.47. The van der Waals surface area contributed by atoms with Crippen molar-refractivity contribution < 1.29 is 5.11 Å². The predicted molar refractivity (Wildman–Crippen MR) is 58.1 cm³/mol. The molecule has 0 amide bonds. The lowest BCUT2D eigenvalue weighted by molar-refractivity contribution is 0.218. The van der Waals surface area contributed by atoms with Crippen LogP contribution in [0.4, 0.5) is 0 Å². The lowest BCUT2D eigenvalue weighted by atomic mass is 9.89. The normalized spacial score (nSPS) is 26.8. The summed E-state index contributed by atoms with van der Waals surface area (Å²) in [7, 11) is 0. The van der Waals surface area contributed by atoms with Crippen molar-refractivity contribution in [2.24, 2.45) is 5.92 Å². The van der Waals surface area contributed by atoms with Crippen LogP contribution in [0.25, 0.3) is 0 Å². The molecule has 74 valence electrons. The van der Waals surface area contributed by atoms with Gasteiger partial charge in [-0.05, 0) is 30.2 Å². The van der Waals surface area contributed by atoms with Crippen LogP contribution in [-0.4, -0.2) is 11.7 Å². The Bertz CT molecular complexity index is 315. The maximum Gasteiger partial charge on any atom is 0.0468 e. The van der Waals surface area contributed by atoms with Gasteiger partial charge >= 0.3 is 0 Å². The van der Waals surface area contributed by atoms with Crippen LogP contribution < -0.4 is 0 Å². The smallest absolute Gasteiger partial charge is 0.0468 e. The third-order valence-corrected chi connectivity index (χ3v) is 3.09. The van der Waals surface area contributed by atoms with Gasteiger partial charge in [-0.1, -0.05) is 42.5 Å². The average molecular weight is 188 g/mol. The second-order valence-electron chi connectivity index (χ2n) is 4.12. The molecule has 0 aliphatic heterocycles. The zero-order chi connectivity index (χ0) is 9.97. The van der Waals surface area contributed by atoms with E-state index in [2.05, 4.69) is 30.8 Å². The Morgan fingerprint density at radius 1 is 1.21 bits per heavy atom. The highest BCUT2D eigenvalue weighted by Gasteiger charge is 2.29. The molecule has 0 aromatic heterocycles. The average Bonchev–Trinajstić information content (AvgIpc) is 2.61. The number of rotatable bonds is 2. The molecule has 0 bridgehead atoms. The molecule has 1 saturated carbocycles. The first-order valence-electron chi connectivity index (χ1n) is 5.13. The Hall–Kier alpha value is -1.08. The summed E-state index contributed by atoms with van der Waals surface area (Å²) in [6.07, 6.45) is 2.02. The molecule has 1 fully saturated rings. The Morgan fingerprint density at radius 2 is 1.93 bits per heavy atom. The Kier molecular flexibility index (Phi) is 2.69. The summed E-state index contributed by atoms with van der Waals surface area (Å²) in [5.74, 6) is 0.860. The molecule has 1 aromatic carbocycles. The largest absolute Gasteiger partial charge is 0.396 e. The van der Waals surface area contributed by atoms with Gasteiger partial charge in [0, 0.05) is 6.61 Å². The van der Waals surface area contributed by atoms with E-state index >= 15 is 0 Å². The number of aliphatic hydroxyl groups excluding tert-OH is 1. The van der Waals surface area contributed by atoms with Crippen LogP contribution in [0.1, 0.15) is 24.3 Å². The van der Waals surface area contributed by atoms with Crippen LogP contribution >= 0.6 is 0 Å². The summed E-state index contributed by atoms with van der Waals surface area (Å²) < 4.78 is 0. The molecule has 0 heterocycles. The molecule has 1 N–H and O–H groups in total. The Balaban J connectivity index is 2.22. The van der Waals surface area contributed by atoms with E-state index < -0.39 is 0 Å². The van der Waals surface area contributed by atoms with Gasteiger partial charge in [0.15, 0.2) is 0 Å². The summed E-state index contributed by atoms with van der Waals surface area (Å²) >= 11 is 0. The van der Waals surface area contributed by atoms with Gasteiger partial charge < -0.3 is 5.11 Å². The number of allylic oxidation sites excluding steroid dienone is 1. The summed E-state index contributed by atoms with van der Waals surface area (Å²) in [6.45, 7) is 4.29. The van der Waals surface area contributed by atoms with E-state index in [0.717, 1.165) is 12.8 Å². The summed E-state index contributed by atoms with van der Waals surface area (Å²) in [6, 6.07) is 10.4. The summed E-state index contributed by atoms with van der Waals surface area (Å²) in [4.78, 5) is 0. The van der Waals surface area contributed by atoms with E-state index in [1.165, 1.54) is 11.1 Å². The van der Waals surface area contributed by atoms with Gasteiger partial charge in [0.1, 0.15) is 0 Å². The van der Waals surface area contributed by atoms with Gasteiger partial charge in [-0.2, -0.15) is 0 Å². The molecule has 1 aromatic rings. The topological polar surface area (TPSA) is 20.2 Å². The Labute approximate surface area is 85.1 Å². The molecule has 0 radical (unpaired) electrons. The maximum atomic E-state index is 9.27. The zero-order valence-electron chi connectivity index (χ0n) is 8.32. The lowest BCUT2D eigenvalue weighted by Crippen LogP contribution is -2.10. The van der Waals surface area contributed by atoms with Gasteiger partial charge in [-0.25, -0.2) is 0 Å². The van der Waals surface area contributed by atoms with Crippen molar-refractivity contribution in [3.8, 4) is 0 Å². The second kappa shape index (κ2) is 3.97. The molecular weight excluding hydrogens is 172 g/mol. The minimum atomic E-state index is 0.276. The Morgan fingerprint density at radius 3 is 2.57 bits per heavy atom. The molecule has 0 spiro atoms. The highest BCUT2D eigenvalue weighted by molar-refractivity contribution is 5.26. The van der Waals surface area contributed by atoms with Crippen LogP contribution in [0.15, 0.2) is 42.5 Å². The van der Waals surface area contributed by atoms with E-state index in [0.29, 0.717) is 11.8 Å². The van der Waals surface area contributed by atoms with Crippen molar-refractivity contribution in [3.63, 3.8) is 0 Å². The molecule has 2 rings (SSSR count). The summed E-state index contributed by atoms with van der Waals surface area (Å²) in [5.41, 5.74) is 2.61. The lowest BCUT2D eigenvalue weighted by Gasteiger charge is -2.16. The van der Waals surface area contributed by atoms with Crippen molar-refractivity contribution in [3.05, 3.63) is 48.0 Å². The molecule has 1 aliphatic carbocycles. The van der Waals surface area contributed by atoms with Crippen LogP contribution in [0.2, 0.25) is 0 Å². The number of benzene rings is 1. The minimum Gasteiger partial charge on any atom is -0.396 e.